The standard InChI is InChI=1S/C19H20Cl2N2O3/c1-23(2)19(25)17(10-13-6-4-3-5-7-13)22-18(24)12-26-14-8-9-15(20)16(21)11-14/h3-9,11,17H,10,12H2,1-2H3,(H,22,24). The highest BCUT2D eigenvalue weighted by Gasteiger charge is 2.23. The molecular formula is C19H20Cl2N2O3. The van der Waals surface area contributed by atoms with E-state index in [2.05, 4.69) is 5.32 Å². The third-order valence-electron chi connectivity index (χ3n) is 3.62. The van der Waals surface area contributed by atoms with Gasteiger partial charge in [-0.2, -0.15) is 0 Å². The van der Waals surface area contributed by atoms with Crippen molar-refractivity contribution in [2.45, 2.75) is 12.5 Å². The van der Waals surface area contributed by atoms with Gasteiger partial charge in [0.05, 0.1) is 10.0 Å². The van der Waals surface area contributed by atoms with Crippen LogP contribution in [-0.2, 0) is 16.0 Å². The number of halogens is 2. The topological polar surface area (TPSA) is 58.6 Å². The van der Waals surface area contributed by atoms with Crippen LogP contribution in [0.3, 0.4) is 0 Å². The molecule has 2 rings (SSSR count). The SMILES string of the molecule is CN(C)C(=O)C(Cc1ccccc1)NC(=O)COc1ccc(Cl)c(Cl)c1. The first-order valence-corrected chi connectivity index (χ1v) is 8.74. The van der Waals surface area contributed by atoms with Gasteiger partial charge in [-0.25, -0.2) is 0 Å². The van der Waals surface area contributed by atoms with Crippen LogP contribution >= 0.6 is 23.2 Å². The maximum Gasteiger partial charge on any atom is 0.258 e. The molecule has 0 fully saturated rings. The molecule has 1 N–H and O–H groups in total. The van der Waals surface area contributed by atoms with Gasteiger partial charge in [-0.1, -0.05) is 53.5 Å². The summed E-state index contributed by atoms with van der Waals surface area (Å²) < 4.78 is 5.41. The lowest BCUT2D eigenvalue weighted by molar-refractivity contribution is -0.134. The Balaban J connectivity index is 1.98. The Kier molecular flexibility index (Phi) is 7.30. The summed E-state index contributed by atoms with van der Waals surface area (Å²) in [5.41, 5.74) is 0.957. The number of amides is 2. The number of nitrogens with zero attached hydrogens (tertiary/aromatic N) is 1. The average molecular weight is 395 g/mol. The summed E-state index contributed by atoms with van der Waals surface area (Å²) in [5, 5.41) is 3.48. The third kappa shape index (κ3) is 5.93. The molecule has 0 aliphatic rings. The van der Waals surface area contributed by atoms with Crippen LogP contribution in [0.25, 0.3) is 0 Å². The molecule has 138 valence electrons. The van der Waals surface area contributed by atoms with Gasteiger partial charge in [-0.15, -0.1) is 0 Å². The van der Waals surface area contributed by atoms with Crippen molar-refractivity contribution in [1.29, 1.82) is 0 Å². The molecule has 0 spiro atoms. The van der Waals surface area contributed by atoms with Gasteiger partial charge < -0.3 is 15.0 Å². The molecule has 0 radical (unpaired) electrons. The molecule has 2 aromatic rings. The number of rotatable bonds is 7. The molecule has 2 aromatic carbocycles. The molecule has 2 amide bonds. The van der Waals surface area contributed by atoms with E-state index in [1.165, 1.54) is 11.0 Å². The van der Waals surface area contributed by atoms with E-state index < -0.39 is 11.9 Å². The molecule has 0 aliphatic carbocycles. The third-order valence-corrected chi connectivity index (χ3v) is 4.36. The molecule has 0 heterocycles. The minimum Gasteiger partial charge on any atom is -0.484 e. The Morgan fingerprint density at radius 2 is 1.77 bits per heavy atom. The summed E-state index contributed by atoms with van der Waals surface area (Å²) >= 11 is 11.8. The van der Waals surface area contributed by atoms with E-state index in [-0.39, 0.29) is 12.5 Å². The highest BCUT2D eigenvalue weighted by Crippen LogP contribution is 2.26. The highest BCUT2D eigenvalue weighted by molar-refractivity contribution is 6.42. The zero-order valence-corrected chi connectivity index (χ0v) is 16.1. The van der Waals surface area contributed by atoms with Crippen molar-refractivity contribution in [3.63, 3.8) is 0 Å². The van der Waals surface area contributed by atoms with Crippen molar-refractivity contribution in [2.75, 3.05) is 20.7 Å². The van der Waals surface area contributed by atoms with Gasteiger partial charge in [-0.05, 0) is 17.7 Å². The molecule has 0 saturated carbocycles. The molecule has 0 bridgehead atoms. The molecule has 5 nitrogen and oxygen atoms in total. The Morgan fingerprint density at radius 1 is 1.08 bits per heavy atom. The van der Waals surface area contributed by atoms with Gasteiger partial charge in [-0.3, -0.25) is 9.59 Å². The van der Waals surface area contributed by atoms with Crippen LogP contribution in [-0.4, -0.2) is 43.5 Å². The Morgan fingerprint density at radius 3 is 2.38 bits per heavy atom. The summed E-state index contributed by atoms with van der Waals surface area (Å²) in [6, 6.07) is 13.6. The minimum absolute atomic E-state index is 0.184. The van der Waals surface area contributed by atoms with E-state index in [0.29, 0.717) is 22.2 Å². The summed E-state index contributed by atoms with van der Waals surface area (Å²) in [6.07, 6.45) is 0.399. The van der Waals surface area contributed by atoms with E-state index in [1.807, 2.05) is 30.3 Å². The fourth-order valence-electron chi connectivity index (χ4n) is 2.31. The lowest BCUT2D eigenvalue weighted by Crippen LogP contribution is -2.48. The van der Waals surface area contributed by atoms with Crippen molar-refractivity contribution in [3.05, 3.63) is 64.1 Å². The zero-order chi connectivity index (χ0) is 19.1. The van der Waals surface area contributed by atoms with Gasteiger partial charge in [0.15, 0.2) is 6.61 Å². The summed E-state index contributed by atoms with van der Waals surface area (Å²) in [4.78, 5) is 26.1. The fraction of sp³-hybridized carbons (Fsp3) is 0.263. The van der Waals surface area contributed by atoms with E-state index in [9.17, 15) is 9.59 Å². The molecule has 7 heteroatoms. The molecule has 1 atom stereocenters. The molecule has 0 aliphatic heterocycles. The number of nitrogens with one attached hydrogen (secondary N) is 1. The largest absolute Gasteiger partial charge is 0.484 e. The minimum atomic E-state index is -0.669. The van der Waals surface area contributed by atoms with Crippen LogP contribution in [0.15, 0.2) is 48.5 Å². The lowest BCUT2D eigenvalue weighted by Gasteiger charge is -2.22. The zero-order valence-electron chi connectivity index (χ0n) is 14.5. The first-order chi connectivity index (χ1) is 12.4. The number of carbonyl (C=O) groups is 2. The van der Waals surface area contributed by atoms with Crippen molar-refractivity contribution in [3.8, 4) is 5.75 Å². The van der Waals surface area contributed by atoms with E-state index in [0.717, 1.165) is 5.56 Å². The van der Waals surface area contributed by atoms with Crippen molar-refractivity contribution >= 4 is 35.0 Å². The van der Waals surface area contributed by atoms with Crippen molar-refractivity contribution in [1.82, 2.24) is 10.2 Å². The van der Waals surface area contributed by atoms with Gasteiger partial charge in [0.1, 0.15) is 11.8 Å². The van der Waals surface area contributed by atoms with Gasteiger partial charge >= 0.3 is 0 Å². The second-order valence-corrected chi connectivity index (χ2v) is 6.72. The van der Waals surface area contributed by atoms with Crippen LogP contribution in [0.5, 0.6) is 5.75 Å². The Labute approximate surface area is 162 Å². The van der Waals surface area contributed by atoms with Gasteiger partial charge in [0.25, 0.3) is 5.91 Å². The maximum atomic E-state index is 12.4. The van der Waals surface area contributed by atoms with Crippen LogP contribution in [0.1, 0.15) is 5.56 Å². The van der Waals surface area contributed by atoms with Crippen LogP contribution < -0.4 is 10.1 Å². The smallest absolute Gasteiger partial charge is 0.258 e. The first-order valence-electron chi connectivity index (χ1n) is 7.99. The second kappa shape index (κ2) is 9.46. The van der Waals surface area contributed by atoms with Crippen LogP contribution in [0, 0.1) is 0 Å². The number of benzene rings is 2. The summed E-state index contributed by atoms with van der Waals surface area (Å²) in [6.45, 7) is -0.232. The number of ether oxygens (including phenoxy) is 1. The Bertz CT molecular complexity index is 767. The normalized spacial score (nSPS) is 11.5. The number of hydrogen-bond acceptors (Lipinski definition) is 3. The maximum absolute atomic E-state index is 12.4. The first kappa shape index (κ1) is 20.1. The number of hydrogen-bond donors (Lipinski definition) is 1. The monoisotopic (exact) mass is 394 g/mol. The quantitative estimate of drug-likeness (QED) is 0.784. The molecule has 0 saturated heterocycles. The molecule has 0 aromatic heterocycles. The molecule has 1 unspecified atom stereocenters. The van der Waals surface area contributed by atoms with E-state index in [4.69, 9.17) is 27.9 Å². The summed E-state index contributed by atoms with van der Waals surface area (Å²) in [5.74, 6) is -0.156. The number of likely N-dealkylation sites (N-methyl/N-ethyl adjacent to an activating group) is 1. The van der Waals surface area contributed by atoms with Crippen LogP contribution in [0.2, 0.25) is 10.0 Å². The predicted molar refractivity (Wildman–Crippen MR) is 103 cm³/mol. The number of carbonyl (C=O) groups excluding carboxylic acids is 2. The summed E-state index contributed by atoms with van der Waals surface area (Å²) in [7, 11) is 3.30. The highest BCUT2D eigenvalue weighted by atomic mass is 35.5. The second-order valence-electron chi connectivity index (χ2n) is 5.91. The van der Waals surface area contributed by atoms with E-state index >= 15 is 0 Å². The predicted octanol–water partition coefficient (Wildman–Crippen LogP) is 3.19. The van der Waals surface area contributed by atoms with Gasteiger partial charge in [0.2, 0.25) is 5.91 Å². The van der Waals surface area contributed by atoms with Crippen molar-refractivity contribution < 1.29 is 14.3 Å². The molecular weight excluding hydrogens is 375 g/mol. The van der Waals surface area contributed by atoms with Gasteiger partial charge in [0, 0.05) is 26.6 Å². The van der Waals surface area contributed by atoms with Crippen molar-refractivity contribution in [2.24, 2.45) is 0 Å². The fourth-order valence-corrected chi connectivity index (χ4v) is 2.60. The Hall–Kier alpha value is -2.24. The lowest BCUT2D eigenvalue weighted by atomic mass is 10.0. The van der Waals surface area contributed by atoms with E-state index in [1.54, 1.807) is 26.2 Å². The molecule has 26 heavy (non-hydrogen) atoms. The van der Waals surface area contributed by atoms with Crippen LogP contribution in [0.4, 0.5) is 0 Å². The average Bonchev–Trinajstić information content (AvgIpc) is 2.62.